The Bertz CT molecular complexity index is 1120. The smallest absolute Gasteiger partial charge is 0.335 e. The van der Waals surface area contributed by atoms with Crippen molar-refractivity contribution in [3.05, 3.63) is 48.0 Å². The van der Waals surface area contributed by atoms with E-state index < -0.39 is 5.97 Å². The number of aromatic hydroxyl groups is 2. The van der Waals surface area contributed by atoms with E-state index in [2.05, 4.69) is 9.97 Å². The standard InChI is InChI=1S/C17H10N2O4/c20-9-2-3-10-11(6-9)16-14(7-15(10)21)18-13-5-8(17(22)23)1-4-12(13)19-16/h1-7,20-21H,(H,22,23). The van der Waals surface area contributed by atoms with Crippen molar-refractivity contribution < 1.29 is 20.1 Å². The van der Waals surface area contributed by atoms with Gasteiger partial charge in [-0.25, -0.2) is 14.8 Å². The molecule has 0 atom stereocenters. The molecule has 0 amide bonds. The van der Waals surface area contributed by atoms with E-state index in [4.69, 9.17) is 5.11 Å². The summed E-state index contributed by atoms with van der Waals surface area (Å²) in [7, 11) is 0. The summed E-state index contributed by atoms with van der Waals surface area (Å²) in [5.74, 6) is -0.955. The van der Waals surface area contributed by atoms with Crippen LogP contribution in [0, 0.1) is 0 Å². The van der Waals surface area contributed by atoms with E-state index in [0.717, 1.165) is 0 Å². The number of nitrogens with zero attached hydrogens (tertiary/aromatic N) is 2. The SMILES string of the molecule is O=C(O)c1ccc2nc3c(cc(O)c4ccc(O)cc43)nc2c1. The number of phenols is 2. The minimum absolute atomic E-state index is 0.0236. The van der Waals surface area contributed by atoms with Crippen molar-refractivity contribution in [1.82, 2.24) is 9.97 Å². The van der Waals surface area contributed by atoms with Crippen molar-refractivity contribution >= 4 is 38.8 Å². The number of fused-ring (bicyclic) bond motifs is 4. The lowest BCUT2D eigenvalue weighted by Gasteiger charge is -2.07. The van der Waals surface area contributed by atoms with Crippen LogP contribution in [-0.2, 0) is 0 Å². The molecule has 0 aliphatic carbocycles. The molecule has 0 aliphatic heterocycles. The van der Waals surface area contributed by atoms with Gasteiger partial charge in [-0.05, 0) is 36.4 Å². The second-order valence-corrected chi connectivity index (χ2v) is 5.23. The molecular weight excluding hydrogens is 296 g/mol. The van der Waals surface area contributed by atoms with Crippen molar-refractivity contribution in [3.8, 4) is 11.5 Å². The Hall–Kier alpha value is -3.41. The second-order valence-electron chi connectivity index (χ2n) is 5.23. The molecule has 1 aromatic heterocycles. The van der Waals surface area contributed by atoms with E-state index in [1.807, 2.05) is 0 Å². The van der Waals surface area contributed by atoms with E-state index in [-0.39, 0.29) is 17.1 Å². The quantitative estimate of drug-likeness (QED) is 0.369. The maximum Gasteiger partial charge on any atom is 0.335 e. The summed E-state index contributed by atoms with van der Waals surface area (Å²) in [4.78, 5) is 20.0. The molecule has 0 saturated carbocycles. The Morgan fingerprint density at radius 1 is 0.826 bits per heavy atom. The number of carboxylic acid groups (broad SMARTS) is 1. The zero-order valence-corrected chi connectivity index (χ0v) is 11.7. The van der Waals surface area contributed by atoms with Gasteiger partial charge in [0, 0.05) is 16.8 Å². The third-order valence-electron chi connectivity index (χ3n) is 3.75. The van der Waals surface area contributed by atoms with Gasteiger partial charge in [0.05, 0.1) is 27.6 Å². The van der Waals surface area contributed by atoms with Crippen LogP contribution in [0.5, 0.6) is 11.5 Å². The Morgan fingerprint density at radius 2 is 1.65 bits per heavy atom. The van der Waals surface area contributed by atoms with E-state index in [1.165, 1.54) is 30.3 Å². The predicted molar refractivity (Wildman–Crippen MR) is 84.8 cm³/mol. The van der Waals surface area contributed by atoms with Crippen LogP contribution in [0.15, 0.2) is 42.5 Å². The number of aromatic nitrogens is 2. The monoisotopic (exact) mass is 306 g/mol. The largest absolute Gasteiger partial charge is 0.508 e. The Balaban J connectivity index is 2.15. The number of phenolic OH excluding ortho intramolecular Hbond substituents is 2. The second kappa shape index (κ2) is 4.54. The first-order valence-electron chi connectivity index (χ1n) is 6.82. The number of carboxylic acids is 1. The third-order valence-corrected chi connectivity index (χ3v) is 3.75. The highest BCUT2D eigenvalue weighted by Crippen LogP contribution is 2.34. The van der Waals surface area contributed by atoms with E-state index in [0.29, 0.717) is 32.8 Å². The third kappa shape index (κ3) is 2.00. The molecule has 0 fully saturated rings. The van der Waals surface area contributed by atoms with Gasteiger partial charge in [0.15, 0.2) is 0 Å². The normalized spacial score (nSPS) is 11.3. The molecule has 112 valence electrons. The van der Waals surface area contributed by atoms with E-state index in [1.54, 1.807) is 12.1 Å². The lowest BCUT2D eigenvalue weighted by Crippen LogP contribution is -1.97. The van der Waals surface area contributed by atoms with Gasteiger partial charge < -0.3 is 15.3 Å². The molecule has 6 heteroatoms. The average molecular weight is 306 g/mol. The maximum atomic E-state index is 11.1. The number of carbonyl (C=O) groups is 1. The van der Waals surface area contributed by atoms with Crippen molar-refractivity contribution in [2.24, 2.45) is 0 Å². The fraction of sp³-hybridized carbons (Fsp3) is 0. The topological polar surface area (TPSA) is 104 Å². The van der Waals surface area contributed by atoms with E-state index >= 15 is 0 Å². The van der Waals surface area contributed by atoms with Crippen LogP contribution in [-0.4, -0.2) is 31.3 Å². The molecule has 23 heavy (non-hydrogen) atoms. The van der Waals surface area contributed by atoms with Gasteiger partial charge in [0.2, 0.25) is 0 Å². The first-order valence-corrected chi connectivity index (χ1v) is 6.82. The van der Waals surface area contributed by atoms with Crippen LogP contribution >= 0.6 is 0 Å². The molecule has 1 heterocycles. The van der Waals surface area contributed by atoms with Gasteiger partial charge in [-0.1, -0.05) is 0 Å². The molecule has 4 rings (SSSR count). The molecular formula is C17H10N2O4. The van der Waals surface area contributed by atoms with Crippen molar-refractivity contribution in [1.29, 1.82) is 0 Å². The van der Waals surface area contributed by atoms with Crippen molar-refractivity contribution in [2.75, 3.05) is 0 Å². The first kappa shape index (κ1) is 13.3. The lowest BCUT2D eigenvalue weighted by atomic mass is 10.1. The number of benzene rings is 3. The summed E-state index contributed by atoms with van der Waals surface area (Å²) in [6.45, 7) is 0. The van der Waals surface area contributed by atoms with Crippen LogP contribution in [0.4, 0.5) is 0 Å². The fourth-order valence-electron chi connectivity index (χ4n) is 2.66. The molecule has 6 nitrogen and oxygen atoms in total. The first-order chi connectivity index (χ1) is 11.0. The fourth-order valence-corrected chi connectivity index (χ4v) is 2.66. The van der Waals surface area contributed by atoms with Gasteiger partial charge in [-0.3, -0.25) is 0 Å². The minimum atomic E-state index is -1.04. The van der Waals surface area contributed by atoms with Gasteiger partial charge in [-0.2, -0.15) is 0 Å². The number of rotatable bonds is 1. The summed E-state index contributed by atoms with van der Waals surface area (Å²) in [6.07, 6.45) is 0. The summed E-state index contributed by atoms with van der Waals surface area (Å²) < 4.78 is 0. The molecule has 4 aromatic rings. The Labute approximate surface area is 129 Å². The Kier molecular flexibility index (Phi) is 2.62. The average Bonchev–Trinajstić information content (AvgIpc) is 2.52. The van der Waals surface area contributed by atoms with Crippen molar-refractivity contribution in [3.63, 3.8) is 0 Å². The highest BCUT2D eigenvalue weighted by molar-refractivity contribution is 6.09. The van der Waals surface area contributed by atoms with Gasteiger partial charge in [0.25, 0.3) is 0 Å². The predicted octanol–water partition coefficient (Wildman–Crippen LogP) is 3.05. The number of hydrogen-bond donors (Lipinski definition) is 3. The number of hydrogen-bond acceptors (Lipinski definition) is 5. The van der Waals surface area contributed by atoms with Gasteiger partial charge >= 0.3 is 5.97 Å². The lowest BCUT2D eigenvalue weighted by molar-refractivity contribution is 0.0697. The highest BCUT2D eigenvalue weighted by Gasteiger charge is 2.12. The molecule has 0 radical (unpaired) electrons. The zero-order valence-electron chi connectivity index (χ0n) is 11.7. The summed E-state index contributed by atoms with van der Waals surface area (Å²) in [6, 6.07) is 10.6. The molecule has 0 unspecified atom stereocenters. The van der Waals surface area contributed by atoms with Crippen LogP contribution in [0.3, 0.4) is 0 Å². The van der Waals surface area contributed by atoms with Crippen LogP contribution in [0.1, 0.15) is 10.4 Å². The van der Waals surface area contributed by atoms with Crippen LogP contribution < -0.4 is 0 Å². The van der Waals surface area contributed by atoms with Gasteiger partial charge in [-0.15, -0.1) is 0 Å². The van der Waals surface area contributed by atoms with Crippen LogP contribution in [0.25, 0.3) is 32.8 Å². The van der Waals surface area contributed by atoms with Crippen LogP contribution in [0.2, 0.25) is 0 Å². The summed E-state index contributed by atoms with van der Waals surface area (Å²) in [5.41, 5.74) is 2.04. The maximum absolute atomic E-state index is 11.1. The Morgan fingerprint density at radius 3 is 2.43 bits per heavy atom. The zero-order chi connectivity index (χ0) is 16.1. The van der Waals surface area contributed by atoms with E-state index in [9.17, 15) is 15.0 Å². The molecule has 0 saturated heterocycles. The molecule has 0 aliphatic rings. The summed E-state index contributed by atoms with van der Waals surface area (Å²) >= 11 is 0. The van der Waals surface area contributed by atoms with Crippen molar-refractivity contribution in [2.45, 2.75) is 0 Å². The van der Waals surface area contributed by atoms with Gasteiger partial charge in [0.1, 0.15) is 11.5 Å². The number of aromatic carboxylic acids is 1. The molecule has 3 N–H and O–H groups in total. The minimum Gasteiger partial charge on any atom is -0.508 e. The molecule has 3 aromatic carbocycles. The highest BCUT2D eigenvalue weighted by atomic mass is 16.4. The summed E-state index contributed by atoms with van der Waals surface area (Å²) in [5, 5.41) is 30.0. The molecule has 0 bridgehead atoms. The molecule has 0 spiro atoms.